The Morgan fingerprint density at radius 1 is 1.19 bits per heavy atom. The van der Waals surface area contributed by atoms with Gasteiger partial charge in [-0.2, -0.15) is 13.2 Å². The molecule has 1 aromatic carbocycles. The van der Waals surface area contributed by atoms with Crippen LogP contribution in [0.1, 0.15) is 31.5 Å². The second-order valence-electron chi connectivity index (χ2n) is 5.79. The van der Waals surface area contributed by atoms with Crippen LogP contribution in [0.4, 0.5) is 13.2 Å². The first-order valence-electron chi connectivity index (χ1n) is 7.87. The number of nitrogens with zero attached hydrogens (tertiary/aromatic N) is 2. The Kier molecular flexibility index (Phi) is 10.7. The maximum atomic E-state index is 12.4. The van der Waals surface area contributed by atoms with E-state index in [0.29, 0.717) is 23.4 Å². The van der Waals surface area contributed by atoms with E-state index in [1.807, 2.05) is 0 Å². The topological polar surface area (TPSA) is 75.5 Å². The van der Waals surface area contributed by atoms with E-state index in [1.54, 1.807) is 20.8 Å². The number of rotatable bonds is 4. The van der Waals surface area contributed by atoms with Gasteiger partial charge in [-0.25, -0.2) is 4.98 Å². The molecule has 2 unspecified atom stereocenters. The summed E-state index contributed by atoms with van der Waals surface area (Å²) in [4.78, 5) is 8.22. The van der Waals surface area contributed by atoms with Gasteiger partial charge < -0.3 is 14.9 Å². The van der Waals surface area contributed by atoms with Crippen LogP contribution in [0.15, 0.2) is 24.4 Å². The van der Waals surface area contributed by atoms with Gasteiger partial charge in [0.2, 0.25) is 0 Å². The summed E-state index contributed by atoms with van der Waals surface area (Å²) in [6.07, 6.45) is -3.14. The average Bonchev–Trinajstić information content (AvgIpc) is 2.53. The van der Waals surface area contributed by atoms with E-state index in [1.165, 1.54) is 19.4 Å². The van der Waals surface area contributed by atoms with Crippen molar-refractivity contribution in [2.75, 3.05) is 7.11 Å². The van der Waals surface area contributed by atoms with Gasteiger partial charge >= 0.3 is 6.18 Å². The molecule has 27 heavy (non-hydrogen) atoms. The van der Waals surface area contributed by atoms with Gasteiger partial charge in [-0.05, 0) is 32.8 Å². The summed E-state index contributed by atoms with van der Waals surface area (Å²) in [5, 5.41) is 17.1. The van der Waals surface area contributed by atoms with Crippen LogP contribution in [0.5, 0.6) is 5.88 Å². The van der Waals surface area contributed by atoms with Crippen LogP contribution in [0.3, 0.4) is 0 Å². The van der Waals surface area contributed by atoms with E-state index in [-0.39, 0.29) is 38.2 Å². The molecule has 0 aliphatic carbocycles. The molecule has 5 nitrogen and oxygen atoms in total. The summed E-state index contributed by atoms with van der Waals surface area (Å²) in [5.41, 5.74) is 0.668. The van der Waals surface area contributed by atoms with Crippen molar-refractivity contribution in [2.45, 2.75) is 45.6 Å². The summed E-state index contributed by atoms with van der Waals surface area (Å²) in [7, 11) is 1.43. The van der Waals surface area contributed by atoms with Crippen LogP contribution in [0.2, 0.25) is 0 Å². The Balaban J connectivity index is 0.000000728. The third-order valence-electron chi connectivity index (χ3n) is 3.13. The molecule has 0 spiro atoms. The van der Waals surface area contributed by atoms with Crippen LogP contribution in [0.25, 0.3) is 11.3 Å². The number of methoxy groups -OCH3 is 1. The van der Waals surface area contributed by atoms with Crippen LogP contribution in [-0.2, 0) is 26.3 Å². The molecule has 0 bridgehead atoms. The Labute approximate surface area is 170 Å². The molecule has 0 aliphatic heterocycles. The number of alkyl halides is 3. The van der Waals surface area contributed by atoms with Crippen molar-refractivity contribution in [1.82, 2.24) is 9.97 Å². The molecular formula is C18H22F3IrN2O3-. The van der Waals surface area contributed by atoms with Crippen LogP contribution in [-0.4, -0.2) is 39.5 Å². The molecule has 0 aliphatic rings. The normalized spacial score (nSPS) is 12.9. The number of aliphatic hydroxyl groups is 2. The fourth-order valence-electron chi connectivity index (χ4n) is 2.02. The molecule has 153 valence electrons. The van der Waals surface area contributed by atoms with Crippen molar-refractivity contribution in [3.63, 3.8) is 0 Å². The minimum Gasteiger partial charge on any atom is -0.486 e. The molecule has 2 N–H and O–H groups in total. The minimum absolute atomic E-state index is 0. The number of halogens is 3. The molecule has 2 rings (SSSR count). The zero-order valence-electron chi connectivity index (χ0n) is 15.3. The van der Waals surface area contributed by atoms with E-state index in [2.05, 4.69) is 16.0 Å². The van der Waals surface area contributed by atoms with Gasteiger partial charge in [0.25, 0.3) is 0 Å². The van der Waals surface area contributed by atoms with Gasteiger partial charge in [-0.15, -0.1) is 29.8 Å². The molecular weight excluding hydrogens is 541 g/mol. The summed E-state index contributed by atoms with van der Waals surface area (Å²) >= 11 is 0. The second kappa shape index (κ2) is 11.3. The molecule has 2 atom stereocenters. The Bertz CT molecular complexity index is 687. The Morgan fingerprint density at radius 3 is 2.15 bits per heavy atom. The average molecular weight is 564 g/mol. The van der Waals surface area contributed by atoms with Crippen molar-refractivity contribution in [2.24, 2.45) is 0 Å². The molecule has 0 saturated heterocycles. The molecule has 0 amide bonds. The summed E-state index contributed by atoms with van der Waals surface area (Å²) in [5.74, 6) is 0.260. The zero-order chi connectivity index (χ0) is 19.9. The van der Waals surface area contributed by atoms with Gasteiger partial charge in [-0.3, -0.25) is 4.98 Å². The van der Waals surface area contributed by atoms with Crippen molar-refractivity contribution >= 4 is 0 Å². The third-order valence-corrected chi connectivity index (χ3v) is 3.13. The summed E-state index contributed by atoms with van der Waals surface area (Å²) in [6, 6.07) is 5.71. The Hall–Kier alpha value is -1.54. The van der Waals surface area contributed by atoms with Gasteiger partial charge in [0, 0.05) is 32.0 Å². The minimum atomic E-state index is -4.38. The predicted molar refractivity (Wildman–Crippen MR) is 90.6 cm³/mol. The zero-order valence-corrected chi connectivity index (χ0v) is 17.7. The molecule has 1 aromatic heterocycles. The van der Waals surface area contributed by atoms with Gasteiger partial charge in [-0.1, -0.05) is 0 Å². The maximum Gasteiger partial charge on any atom is 0.381 e. The van der Waals surface area contributed by atoms with Crippen LogP contribution >= 0.6 is 0 Å². The molecule has 1 radical (unpaired) electrons. The van der Waals surface area contributed by atoms with Crippen molar-refractivity contribution in [1.29, 1.82) is 0 Å². The van der Waals surface area contributed by atoms with Gasteiger partial charge in [0.05, 0.1) is 25.0 Å². The molecule has 0 saturated carbocycles. The van der Waals surface area contributed by atoms with Crippen molar-refractivity contribution < 1.29 is 48.2 Å². The molecule has 9 heteroatoms. The predicted octanol–water partition coefficient (Wildman–Crippen LogP) is 3.42. The van der Waals surface area contributed by atoms with E-state index in [4.69, 9.17) is 14.9 Å². The summed E-state index contributed by atoms with van der Waals surface area (Å²) < 4.78 is 42.4. The second-order valence-corrected chi connectivity index (χ2v) is 5.79. The first kappa shape index (κ1) is 25.5. The van der Waals surface area contributed by atoms with E-state index < -0.39 is 11.7 Å². The summed E-state index contributed by atoms with van der Waals surface area (Å²) in [6.45, 7) is 5.06. The first-order valence-corrected chi connectivity index (χ1v) is 7.87. The maximum absolute atomic E-state index is 12.4. The van der Waals surface area contributed by atoms with Gasteiger partial charge in [0.15, 0.2) is 5.88 Å². The smallest absolute Gasteiger partial charge is 0.381 e. The van der Waals surface area contributed by atoms with Crippen molar-refractivity contribution in [3.8, 4) is 17.1 Å². The fourth-order valence-corrected chi connectivity index (χ4v) is 2.02. The molecule has 1 heterocycles. The van der Waals surface area contributed by atoms with Crippen LogP contribution in [0, 0.1) is 13.0 Å². The number of hydrogen-bond donors (Lipinski definition) is 2. The number of ether oxygens (including phenoxy) is 1. The number of aromatic nitrogens is 2. The standard InChI is InChI=1S/C13H10F3N2O.C5H12O2.Ir/c1-8-7-17-11(12(18-8)19-2)9-3-5-10(6-4-9)13(14,15)16;1-4(6)3-5(2)7;/h3,5-7H,1-2H3;4-7H,3H2,1-2H3;/q-1;;. The quantitative estimate of drug-likeness (QED) is 0.558. The number of benzene rings is 1. The molecule has 0 fully saturated rings. The van der Waals surface area contributed by atoms with Crippen LogP contribution < -0.4 is 4.74 Å². The third kappa shape index (κ3) is 8.79. The SMILES string of the molecule is CC(O)CC(C)O.COc1nc(C)cnc1-c1[c-]cc(C(F)(F)F)cc1.[Ir]. The number of hydrogen-bond acceptors (Lipinski definition) is 5. The molecule has 2 aromatic rings. The van der Waals surface area contributed by atoms with E-state index >= 15 is 0 Å². The first-order chi connectivity index (χ1) is 12.0. The van der Waals surface area contributed by atoms with Gasteiger partial charge in [0.1, 0.15) is 0 Å². The van der Waals surface area contributed by atoms with E-state index in [0.717, 1.165) is 12.1 Å². The number of aryl methyl sites for hydroxylation is 1. The Morgan fingerprint density at radius 2 is 1.78 bits per heavy atom. The number of aliphatic hydroxyl groups excluding tert-OH is 2. The largest absolute Gasteiger partial charge is 0.486 e. The monoisotopic (exact) mass is 564 g/mol. The van der Waals surface area contributed by atoms with E-state index in [9.17, 15) is 13.2 Å². The van der Waals surface area contributed by atoms with Crippen molar-refractivity contribution in [3.05, 3.63) is 41.7 Å². The fraction of sp³-hybridized carbons (Fsp3) is 0.444.